The van der Waals surface area contributed by atoms with Gasteiger partial charge in [0.05, 0.1) is 17.8 Å². The van der Waals surface area contributed by atoms with Crippen LogP contribution in [0.4, 0.5) is 14.5 Å². The molecule has 0 unspecified atom stereocenters. The van der Waals surface area contributed by atoms with Crippen LogP contribution in [0.3, 0.4) is 0 Å². The highest BCUT2D eigenvalue weighted by Gasteiger charge is 2.38. The molecule has 0 bridgehead atoms. The maximum Gasteiger partial charge on any atom is 0.299 e. The van der Waals surface area contributed by atoms with Crippen LogP contribution in [0.25, 0.3) is 0 Å². The van der Waals surface area contributed by atoms with Gasteiger partial charge in [0.15, 0.2) is 0 Å². The molecule has 3 rings (SSSR count). The molecular weight excluding hydrogens is 268 g/mol. The van der Waals surface area contributed by atoms with E-state index in [1.165, 1.54) is 0 Å². The van der Waals surface area contributed by atoms with E-state index in [0.717, 1.165) is 11.0 Å². The number of hydrogen-bond donors (Lipinski definition) is 0. The van der Waals surface area contributed by atoms with Crippen LogP contribution in [-0.2, 0) is 11.3 Å². The number of ketones is 1. The zero-order valence-electron chi connectivity index (χ0n) is 10.2. The molecule has 1 aliphatic heterocycles. The second-order valence-electron chi connectivity index (χ2n) is 4.34. The van der Waals surface area contributed by atoms with Gasteiger partial charge < -0.3 is 4.90 Å². The molecular formula is C13H9F2N3O2. The van der Waals surface area contributed by atoms with Gasteiger partial charge in [-0.05, 0) is 12.1 Å². The Balaban J connectivity index is 1.93. The molecule has 0 spiro atoms. The number of nitrogens with zero attached hydrogens (tertiary/aromatic N) is 3. The van der Waals surface area contributed by atoms with Crippen molar-refractivity contribution in [3.05, 3.63) is 47.8 Å². The third-order valence-corrected chi connectivity index (χ3v) is 3.10. The Bertz CT molecular complexity index is 698. The first-order valence-electron chi connectivity index (χ1n) is 5.90. The highest BCUT2D eigenvalue weighted by molar-refractivity contribution is 6.52. The minimum absolute atomic E-state index is 0.0235. The summed E-state index contributed by atoms with van der Waals surface area (Å²) in [5.74, 6) is -3.64. The van der Waals surface area contributed by atoms with Crippen LogP contribution in [0.2, 0.25) is 0 Å². The summed E-state index contributed by atoms with van der Waals surface area (Å²) in [6, 6.07) is 3.30. The Morgan fingerprint density at radius 3 is 2.65 bits per heavy atom. The van der Waals surface area contributed by atoms with Gasteiger partial charge in [-0.3, -0.25) is 14.3 Å². The normalized spacial score (nSPS) is 14.0. The summed E-state index contributed by atoms with van der Waals surface area (Å²) >= 11 is 0. The Morgan fingerprint density at radius 2 is 1.95 bits per heavy atom. The molecule has 0 aliphatic carbocycles. The third-order valence-electron chi connectivity index (χ3n) is 3.10. The fourth-order valence-electron chi connectivity index (χ4n) is 2.19. The zero-order valence-corrected chi connectivity index (χ0v) is 10.2. The first kappa shape index (κ1) is 12.5. The van der Waals surface area contributed by atoms with Gasteiger partial charge in [-0.2, -0.15) is 5.10 Å². The molecule has 0 atom stereocenters. The van der Waals surface area contributed by atoms with Gasteiger partial charge in [-0.25, -0.2) is 8.78 Å². The highest BCUT2D eigenvalue weighted by Crippen LogP contribution is 2.31. The van der Waals surface area contributed by atoms with Gasteiger partial charge in [-0.15, -0.1) is 0 Å². The van der Waals surface area contributed by atoms with Crippen LogP contribution in [0, 0.1) is 11.6 Å². The number of Topliss-reactive ketones (excluding diaryl/α,β-unsaturated/α-hetero) is 1. The summed E-state index contributed by atoms with van der Waals surface area (Å²) < 4.78 is 28.4. The maximum atomic E-state index is 13.6. The Kier molecular flexibility index (Phi) is 2.81. The Labute approximate surface area is 112 Å². The number of aromatic nitrogens is 2. The van der Waals surface area contributed by atoms with Crippen LogP contribution < -0.4 is 4.90 Å². The van der Waals surface area contributed by atoms with Crippen molar-refractivity contribution in [2.45, 2.75) is 6.54 Å². The number of halogens is 2. The largest absolute Gasteiger partial charge is 0.303 e. The minimum Gasteiger partial charge on any atom is -0.303 e. The summed E-state index contributed by atoms with van der Waals surface area (Å²) in [5, 5.41) is 3.96. The van der Waals surface area contributed by atoms with E-state index in [1.807, 2.05) is 0 Å². The minimum atomic E-state index is -1.01. The van der Waals surface area contributed by atoms with Crippen LogP contribution in [0.15, 0.2) is 30.6 Å². The topological polar surface area (TPSA) is 55.2 Å². The van der Waals surface area contributed by atoms with Crippen molar-refractivity contribution in [3.63, 3.8) is 0 Å². The highest BCUT2D eigenvalue weighted by atomic mass is 19.1. The van der Waals surface area contributed by atoms with Gasteiger partial charge in [0.25, 0.3) is 11.7 Å². The molecule has 2 heterocycles. The molecule has 0 fully saturated rings. The van der Waals surface area contributed by atoms with Gasteiger partial charge in [0, 0.05) is 25.0 Å². The van der Waals surface area contributed by atoms with E-state index >= 15 is 0 Å². The standard InChI is InChI=1S/C13H9F2N3O2/c14-8-6-9(15)11-10(7-8)18(13(20)12(11)19)5-4-17-3-1-2-16-17/h1-3,6-7H,4-5H2. The fraction of sp³-hybridized carbons (Fsp3) is 0.154. The summed E-state index contributed by atoms with van der Waals surface area (Å²) in [7, 11) is 0. The van der Waals surface area contributed by atoms with Gasteiger partial charge in [-0.1, -0.05) is 0 Å². The molecule has 7 heteroatoms. The lowest BCUT2D eigenvalue weighted by molar-refractivity contribution is -0.114. The molecule has 0 saturated heterocycles. The molecule has 1 aromatic carbocycles. The number of carbonyl (C=O) groups excluding carboxylic acids is 2. The summed E-state index contributed by atoms with van der Waals surface area (Å²) in [5.41, 5.74) is -0.387. The van der Waals surface area contributed by atoms with E-state index in [2.05, 4.69) is 5.10 Å². The lowest BCUT2D eigenvalue weighted by atomic mass is 10.1. The van der Waals surface area contributed by atoms with Gasteiger partial charge >= 0.3 is 0 Å². The number of anilines is 1. The van der Waals surface area contributed by atoms with Crippen molar-refractivity contribution in [3.8, 4) is 0 Å². The van der Waals surface area contributed by atoms with Crippen LogP contribution in [-0.4, -0.2) is 28.0 Å². The fourth-order valence-corrected chi connectivity index (χ4v) is 2.19. The van der Waals surface area contributed by atoms with Crippen molar-refractivity contribution < 1.29 is 18.4 Å². The smallest absolute Gasteiger partial charge is 0.299 e. The predicted octanol–water partition coefficient (Wildman–Crippen LogP) is 1.39. The zero-order chi connectivity index (χ0) is 14.3. The van der Waals surface area contributed by atoms with Crippen molar-refractivity contribution in [2.24, 2.45) is 0 Å². The lowest BCUT2D eigenvalue weighted by Gasteiger charge is -2.16. The molecule has 1 aliphatic rings. The Morgan fingerprint density at radius 1 is 1.15 bits per heavy atom. The number of amides is 1. The summed E-state index contributed by atoms with van der Waals surface area (Å²) in [6.07, 6.45) is 3.26. The van der Waals surface area contributed by atoms with Crippen molar-refractivity contribution >= 4 is 17.4 Å². The van der Waals surface area contributed by atoms with E-state index in [1.54, 1.807) is 23.1 Å². The molecule has 2 aromatic rings. The van der Waals surface area contributed by atoms with Crippen molar-refractivity contribution in [1.29, 1.82) is 0 Å². The van der Waals surface area contributed by atoms with E-state index in [0.29, 0.717) is 12.6 Å². The predicted molar refractivity (Wildman–Crippen MR) is 65.3 cm³/mol. The lowest BCUT2D eigenvalue weighted by Crippen LogP contribution is -2.32. The summed E-state index contributed by atoms with van der Waals surface area (Å²) in [6.45, 7) is 0.436. The van der Waals surface area contributed by atoms with Crippen LogP contribution in [0.5, 0.6) is 0 Å². The van der Waals surface area contributed by atoms with E-state index in [9.17, 15) is 18.4 Å². The summed E-state index contributed by atoms with van der Waals surface area (Å²) in [4.78, 5) is 24.6. The van der Waals surface area contributed by atoms with E-state index in [-0.39, 0.29) is 17.8 Å². The first-order valence-corrected chi connectivity index (χ1v) is 5.90. The molecule has 1 aromatic heterocycles. The quantitative estimate of drug-likeness (QED) is 0.797. The number of rotatable bonds is 3. The second-order valence-corrected chi connectivity index (χ2v) is 4.34. The molecule has 0 N–H and O–H groups in total. The monoisotopic (exact) mass is 277 g/mol. The number of fused-ring (bicyclic) bond motifs is 1. The van der Waals surface area contributed by atoms with Gasteiger partial charge in [0.1, 0.15) is 11.6 Å². The van der Waals surface area contributed by atoms with Crippen LogP contribution in [0.1, 0.15) is 10.4 Å². The van der Waals surface area contributed by atoms with E-state index < -0.39 is 23.3 Å². The first-order chi connectivity index (χ1) is 9.58. The molecule has 0 radical (unpaired) electrons. The second kappa shape index (κ2) is 4.52. The number of benzene rings is 1. The average molecular weight is 277 g/mol. The van der Waals surface area contributed by atoms with E-state index in [4.69, 9.17) is 0 Å². The van der Waals surface area contributed by atoms with Gasteiger partial charge in [0.2, 0.25) is 0 Å². The molecule has 0 saturated carbocycles. The third kappa shape index (κ3) is 1.87. The average Bonchev–Trinajstić information content (AvgIpc) is 2.97. The van der Waals surface area contributed by atoms with Crippen molar-refractivity contribution in [2.75, 3.05) is 11.4 Å². The molecule has 1 amide bonds. The maximum absolute atomic E-state index is 13.6. The molecule has 102 valence electrons. The SMILES string of the molecule is O=C1C(=O)N(CCn2cccn2)c2cc(F)cc(F)c21. The van der Waals surface area contributed by atoms with Crippen molar-refractivity contribution in [1.82, 2.24) is 9.78 Å². The number of carbonyl (C=O) groups is 2. The number of hydrogen-bond acceptors (Lipinski definition) is 3. The van der Waals surface area contributed by atoms with Crippen LogP contribution >= 0.6 is 0 Å². The molecule has 5 nitrogen and oxygen atoms in total. The molecule has 20 heavy (non-hydrogen) atoms. The Hall–Kier alpha value is -2.57.